The van der Waals surface area contributed by atoms with E-state index in [2.05, 4.69) is 10.3 Å². The van der Waals surface area contributed by atoms with Gasteiger partial charge in [0.25, 0.3) is 0 Å². The number of halogens is 2. The zero-order chi connectivity index (χ0) is 13.8. The fourth-order valence-corrected chi connectivity index (χ4v) is 1.57. The smallest absolute Gasteiger partial charge is 0.337 e. The summed E-state index contributed by atoms with van der Waals surface area (Å²) in [5.41, 5.74) is 1.35. The van der Waals surface area contributed by atoms with Gasteiger partial charge in [-0.1, -0.05) is 11.6 Å². The summed E-state index contributed by atoms with van der Waals surface area (Å²) >= 11 is 5.57. The maximum atomic E-state index is 13.2. The van der Waals surface area contributed by atoms with Crippen LogP contribution in [0.3, 0.4) is 0 Å². The van der Waals surface area contributed by atoms with Gasteiger partial charge in [-0.15, -0.1) is 0 Å². The molecule has 98 valence electrons. The summed E-state index contributed by atoms with van der Waals surface area (Å²) < 4.78 is 13.2. The zero-order valence-electron chi connectivity index (χ0n) is 9.73. The Kier molecular flexibility index (Phi) is 3.97. The summed E-state index contributed by atoms with van der Waals surface area (Å²) in [5, 5.41) is 11.8. The van der Waals surface area contributed by atoms with E-state index in [1.807, 2.05) is 0 Å². The molecule has 1 aromatic heterocycles. The van der Waals surface area contributed by atoms with Gasteiger partial charge in [-0.2, -0.15) is 0 Å². The van der Waals surface area contributed by atoms with Crippen molar-refractivity contribution in [2.45, 2.75) is 6.54 Å². The van der Waals surface area contributed by atoms with E-state index >= 15 is 0 Å². The number of pyridine rings is 1. The highest BCUT2D eigenvalue weighted by Gasteiger charge is 2.04. The molecule has 6 heteroatoms. The average Bonchev–Trinajstić information content (AvgIpc) is 2.40. The van der Waals surface area contributed by atoms with Crippen molar-refractivity contribution >= 4 is 23.3 Å². The van der Waals surface area contributed by atoms with Crippen LogP contribution in [0.4, 0.5) is 10.1 Å². The van der Waals surface area contributed by atoms with E-state index in [4.69, 9.17) is 16.7 Å². The summed E-state index contributed by atoms with van der Waals surface area (Å²) in [6.07, 6.45) is 1.28. The Bertz CT molecular complexity index is 602. The molecule has 1 aromatic carbocycles. The van der Waals surface area contributed by atoms with Crippen LogP contribution in [0, 0.1) is 5.82 Å². The monoisotopic (exact) mass is 280 g/mol. The maximum Gasteiger partial charge on any atom is 0.337 e. The lowest BCUT2D eigenvalue weighted by atomic mass is 10.2. The number of carbonyl (C=O) groups is 1. The SMILES string of the molecule is O=C(O)c1ccc(CNc2ccc(Cl)c(F)c2)nc1. The molecule has 0 fully saturated rings. The summed E-state index contributed by atoms with van der Waals surface area (Å²) in [7, 11) is 0. The van der Waals surface area contributed by atoms with Crippen LogP contribution in [0.25, 0.3) is 0 Å². The molecule has 1 heterocycles. The number of benzene rings is 1. The molecule has 2 rings (SSSR count). The lowest BCUT2D eigenvalue weighted by Crippen LogP contribution is -2.04. The number of hydrogen-bond donors (Lipinski definition) is 2. The van der Waals surface area contributed by atoms with Gasteiger partial charge in [-0.25, -0.2) is 9.18 Å². The second-order valence-corrected chi connectivity index (χ2v) is 4.23. The predicted octanol–water partition coefficient (Wildman–Crippen LogP) is 3.18. The van der Waals surface area contributed by atoms with Crippen molar-refractivity contribution in [1.82, 2.24) is 4.98 Å². The molecule has 0 unspecified atom stereocenters. The van der Waals surface area contributed by atoms with Crippen LogP contribution in [0.1, 0.15) is 16.1 Å². The molecule has 2 aromatic rings. The van der Waals surface area contributed by atoms with Crippen molar-refractivity contribution in [3.8, 4) is 0 Å². The minimum absolute atomic E-state index is 0.0643. The molecule has 0 aliphatic carbocycles. The van der Waals surface area contributed by atoms with E-state index in [1.54, 1.807) is 12.1 Å². The van der Waals surface area contributed by atoms with Crippen molar-refractivity contribution in [2.24, 2.45) is 0 Å². The quantitative estimate of drug-likeness (QED) is 0.903. The fourth-order valence-electron chi connectivity index (χ4n) is 1.45. The van der Waals surface area contributed by atoms with Gasteiger partial charge in [0.1, 0.15) is 5.82 Å². The third-order valence-electron chi connectivity index (χ3n) is 2.46. The van der Waals surface area contributed by atoms with E-state index in [0.29, 0.717) is 17.9 Å². The number of rotatable bonds is 4. The Morgan fingerprint density at radius 3 is 2.74 bits per heavy atom. The zero-order valence-corrected chi connectivity index (χ0v) is 10.5. The molecule has 0 atom stereocenters. The van der Waals surface area contributed by atoms with Gasteiger partial charge in [-0.3, -0.25) is 4.98 Å². The number of carboxylic acids is 1. The van der Waals surface area contributed by atoms with Crippen molar-refractivity contribution in [3.05, 3.63) is 58.6 Å². The van der Waals surface area contributed by atoms with Crippen LogP contribution in [-0.4, -0.2) is 16.1 Å². The molecule has 0 bridgehead atoms. The first kappa shape index (κ1) is 13.3. The first-order valence-corrected chi connectivity index (χ1v) is 5.81. The summed E-state index contributed by atoms with van der Waals surface area (Å²) in [4.78, 5) is 14.6. The minimum Gasteiger partial charge on any atom is -0.478 e. The van der Waals surface area contributed by atoms with E-state index < -0.39 is 11.8 Å². The van der Waals surface area contributed by atoms with Gasteiger partial charge in [0, 0.05) is 11.9 Å². The van der Waals surface area contributed by atoms with Crippen molar-refractivity contribution in [2.75, 3.05) is 5.32 Å². The topological polar surface area (TPSA) is 62.2 Å². The number of nitrogens with zero attached hydrogens (tertiary/aromatic N) is 1. The van der Waals surface area contributed by atoms with Crippen LogP contribution >= 0.6 is 11.6 Å². The molecule has 0 radical (unpaired) electrons. The van der Waals surface area contributed by atoms with Gasteiger partial charge in [0.15, 0.2) is 0 Å². The average molecular weight is 281 g/mol. The van der Waals surface area contributed by atoms with E-state index in [-0.39, 0.29) is 10.6 Å². The number of aromatic nitrogens is 1. The van der Waals surface area contributed by atoms with Crippen LogP contribution in [0.15, 0.2) is 36.5 Å². The van der Waals surface area contributed by atoms with Crippen LogP contribution in [-0.2, 0) is 6.54 Å². The molecule has 0 saturated heterocycles. The standard InChI is InChI=1S/C13H10ClFN2O2/c14-11-4-3-9(5-12(11)15)17-7-10-2-1-8(6-16-10)13(18)19/h1-6,17H,7H2,(H,18,19). The van der Waals surface area contributed by atoms with Crippen LogP contribution in [0.2, 0.25) is 5.02 Å². The largest absolute Gasteiger partial charge is 0.478 e. The van der Waals surface area contributed by atoms with Gasteiger partial charge in [-0.05, 0) is 30.3 Å². The third kappa shape index (κ3) is 3.42. The lowest BCUT2D eigenvalue weighted by molar-refractivity contribution is 0.0696. The molecule has 0 spiro atoms. The molecule has 19 heavy (non-hydrogen) atoms. The highest BCUT2D eigenvalue weighted by molar-refractivity contribution is 6.30. The number of aromatic carboxylic acids is 1. The fraction of sp³-hybridized carbons (Fsp3) is 0.0769. The third-order valence-corrected chi connectivity index (χ3v) is 2.77. The number of carboxylic acid groups (broad SMARTS) is 1. The van der Waals surface area contributed by atoms with Crippen LogP contribution < -0.4 is 5.32 Å². The Balaban J connectivity index is 2.01. The van der Waals surface area contributed by atoms with Gasteiger partial charge in [0.05, 0.1) is 22.8 Å². The summed E-state index contributed by atoms with van der Waals surface area (Å²) in [6.45, 7) is 0.362. The number of hydrogen-bond acceptors (Lipinski definition) is 3. The summed E-state index contributed by atoms with van der Waals surface area (Å²) in [5.74, 6) is -1.52. The Morgan fingerprint density at radius 1 is 1.37 bits per heavy atom. The van der Waals surface area contributed by atoms with Gasteiger partial charge >= 0.3 is 5.97 Å². The molecule has 2 N–H and O–H groups in total. The highest BCUT2D eigenvalue weighted by Crippen LogP contribution is 2.19. The normalized spacial score (nSPS) is 10.2. The predicted molar refractivity (Wildman–Crippen MR) is 69.9 cm³/mol. The Labute approximate surface area is 113 Å². The molecule has 0 aliphatic heterocycles. The van der Waals surface area contributed by atoms with E-state index in [1.165, 1.54) is 24.4 Å². The Morgan fingerprint density at radius 2 is 2.16 bits per heavy atom. The molecule has 0 amide bonds. The van der Waals surface area contributed by atoms with E-state index in [0.717, 1.165) is 0 Å². The van der Waals surface area contributed by atoms with Crippen molar-refractivity contribution < 1.29 is 14.3 Å². The number of anilines is 1. The number of nitrogens with one attached hydrogen (secondary N) is 1. The van der Waals surface area contributed by atoms with Crippen molar-refractivity contribution in [1.29, 1.82) is 0 Å². The van der Waals surface area contributed by atoms with Crippen molar-refractivity contribution in [3.63, 3.8) is 0 Å². The summed E-state index contributed by atoms with van der Waals surface area (Å²) in [6, 6.07) is 7.46. The second-order valence-electron chi connectivity index (χ2n) is 3.83. The maximum absolute atomic E-state index is 13.2. The Hall–Kier alpha value is -2.14. The van der Waals surface area contributed by atoms with Gasteiger partial charge in [0.2, 0.25) is 0 Å². The molecule has 0 saturated carbocycles. The molecule has 4 nitrogen and oxygen atoms in total. The van der Waals surface area contributed by atoms with E-state index in [9.17, 15) is 9.18 Å². The second kappa shape index (κ2) is 5.67. The first-order chi connectivity index (χ1) is 9.06. The lowest BCUT2D eigenvalue weighted by Gasteiger charge is -2.06. The molecular weight excluding hydrogens is 271 g/mol. The molecule has 0 aliphatic rings. The van der Waals surface area contributed by atoms with Gasteiger partial charge < -0.3 is 10.4 Å². The highest BCUT2D eigenvalue weighted by atomic mass is 35.5. The van der Waals surface area contributed by atoms with Crippen LogP contribution in [0.5, 0.6) is 0 Å². The molecular formula is C13H10ClFN2O2. The first-order valence-electron chi connectivity index (χ1n) is 5.43. The minimum atomic E-state index is -1.02.